The second-order valence-electron chi connectivity index (χ2n) is 13.9. The van der Waals surface area contributed by atoms with Gasteiger partial charge in [0.15, 0.2) is 5.03 Å². The van der Waals surface area contributed by atoms with Crippen LogP contribution < -0.4 is 19.9 Å². The number of fused-ring (bicyclic) bond motifs is 1. The van der Waals surface area contributed by atoms with Gasteiger partial charge in [-0.2, -0.15) is 9.40 Å². The molecule has 0 amide bonds. The summed E-state index contributed by atoms with van der Waals surface area (Å²) in [6, 6.07) is 24.5. The van der Waals surface area contributed by atoms with Gasteiger partial charge in [0.2, 0.25) is 5.88 Å². The molecule has 11 nitrogen and oxygen atoms in total. The molecule has 1 aliphatic rings. The molecule has 1 aliphatic carbocycles. The van der Waals surface area contributed by atoms with Gasteiger partial charge in [0.05, 0.1) is 19.8 Å². The largest absolute Gasteiger partial charge is 0.497 e. The van der Waals surface area contributed by atoms with Gasteiger partial charge in [0, 0.05) is 55.9 Å². The van der Waals surface area contributed by atoms with Gasteiger partial charge in [0.1, 0.15) is 18.1 Å². The number of rotatable bonds is 16. The number of methoxy groups -OCH3 is 2. The van der Waals surface area contributed by atoms with Crippen LogP contribution in [0.5, 0.6) is 17.4 Å². The zero-order valence-electron chi connectivity index (χ0n) is 30.6. The van der Waals surface area contributed by atoms with E-state index in [-0.39, 0.29) is 18.1 Å². The zero-order valence-corrected chi connectivity index (χ0v) is 31.4. The van der Waals surface area contributed by atoms with Crippen molar-refractivity contribution in [1.82, 2.24) is 24.0 Å². The van der Waals surface area contributed by atoms with E-state index >= 15 is 0 Å². The molecule has 0 aliphatic heterocycles. The highest BCUT2D eigenvalue weighted by Crippen LogP contribution is 2.36. The molecule has 5 aromatic rings. The lowest BCUT2D eigenvalue weighted by Crippen LogP contribution is -2.41. The molecule has 3 aromatic carbocycles. The minimum absolute atomic E-state index is 0.0106. The maximum atomic E-state index is 14.2. The molecule has 0 unspecified atom stereocenters. The Kier molecular flexibility index (Phi) is 11.2. The summed E-state index contributed by atoms with van der Waals surface area (Å²) in [5, 5.41) is 4.62. The normalized spacial score (nSPS) is 13.1. The van der Waals surface area contributed by atoms with Crippen LogP contribution in [0.1, 0.15) is 42.5 Å². The fourth-order valence-corrected chi connectivity index (χ4v) is 8.06. The first-order valence-corrected chi connectivity index (χ1v) is 18.9. The quantitative estimate of drug-likeness (QED) is 0.119. The highest BCUT2D eigenvalue weighted by atomic mass is 32.2. The van der Waals surface area contributed by atoms with E-state index in [9.17, 15) is 8.42 Å². The fraction of sp³-hybridized carbons (Fsp3) is 0.350. The van der Waals surface area contributed by atoms with Crippen LogP contribution in [-0.4, -0.2) is 73.4 Å². The van der Waals surface area contributed by atoms with Crippen LogP contribution in [0.2, 0.25) is 0 Å². The van der Waals surface area contributed by atoms with Crippen LogP contribution in [0.25, 0.3) is 11.1 Å². The van der Waals surface area contributed by atoms with Gasteiger partial charge in [-0.3, -0.25) is 4.68 Å². The maximum absolute atomic E-state index is 14.2. The number of aryl methyl sites for hydroxylation is 1. The standard InChI is InChI=1S/C40H48N6O5S/c1-40(2,28-44(3)23-24-51-37-25-32(19-21-42-37)36-18-13-31-7-6-8-35(31)39(36)41)46-22-20-38(43-46)52(47,48)45(26-29-9-14-33(49-4)15-10-29)27-30-11-16-34(50-5)17-12-30/h9-22,25H,6-8,23-24,26-28,41H2,1-5H3. The van der Waals surface area contributed by atoms with E-state index in [0.717, 1.165) is 47.2 Å². The van der Waals surface area contributed by atoms with Crippen LogP contribution in [0, 0.1) is 0 Å². The van der Waals surface area contributed by atoms with Crippen molar-refractivity contribution < 1.29 is 22.6 Å². The molecule has 2 N–H and O–H groups in total. The van der Waals surface area contributed by atoms with Crippen molar-refractivity contribution in [1.29, 1.82) is 0 Å². The van der Waals surface area contributed by atoms with E-state index < -0.39 is 15.6 Å². The van der Waals surface area contributed by atoms with Crippen LogP contribution >= 0.6 is 0 Å². The first kappa shape index (κ1) is 36.9. The molecule has 6 rings (SSSR count). The highest BCUT2D eigenvalue weighted by Gasteiger charge is 2.31. The minimum Gasteiger partial charge on any atom is -0.497 e. The number of hydrogen-bond donors (Lipinski definition) is 1. The Labute approximate surface area is 307 Å². The number of pyridine rings is 1. The number of benzene rings is 3. The van der Waals surface area contributed by atoms with Crippen molar-refractivity contribution in [2.24, 2.45) is 0 Å². The molecule has 0 fully saturated rings. The Bertz CT molecular complexity index is 2030. The Balaban J connectivity index is 1.10. The van der Waals surface area contributed by atoms with E-state index in [4.69, 9.17) is 19.9 Å². The molecule has 12 heteroatoms. The summed E-state index contributed by atoms with van der Waals surface area (Å²) < 4.78 is 48.2. The summed E-state index contributed by atoms with van der Waals surface area (Å²) in [7, 11) is 1.23. The number of anilines is 1. The number of sulfonamides is 1. The van der Waals surface area contributed by atoms with Gasteiger partial charge in [-0.1, -0.05) is 36.4 Å². The summed E-state index contributed by atoms with van der Waals surface area (Å²) in [6.45, 7) is 6.04. The second kappa shape index (κ2) is 15.8. The van der Waals surface area contributed by atoms with Gasteiger partial charge < -0.3 is 24.8 Å². The number of likely N-dealkylation sites (N-methyl/N-ethyl adjacent to an activating group) is 1. The van der Waals surface area contributed by atoms with E-state index in [0.29, 0.717) is 37.1 Å². The minimum atomic E-state index is -3.98. The second-order valence-corrected chi connectivity index (χ2v) is 15.8. The van der Waals surface area contributed by atoms with Crippen molar-refractivity contribution >= 4 is 15.7 Å². The monoisotopic (exact) mass is 724 g/mol. The number of nitrogens with zero attached hydrogens (tertiary/aromatic N) is 5. The first-order valence-electron chi connectivity index (χ1n) is 17.5. The van der Waals surface area contributed by atoms with E-state index in [2.05, 4.69) is 27.1 Å². The number of hydrogen-bond acceptors (Lipinski definition) is 9. The lowest BCUT2D eigenvalue weighted by atomic mass is 9.98. The van der Waals surface area contributed by atoms with Gasteiger partial charge in [-0.15, -0.1) is 0 Å². The lowest BCUT2D eigenvalue weighted by molar-refractivity contribution is 0.167. The Morgan fingerprint density at radius 2 is 1.54 bits per heavy atom. The Hall–Kier alpha value is -4.91. The fourth-order valence-electron chi connectivity index (χ4n) is 6.73. The van der Waals surface area contributed by atoms with Crippen LogP contribution in [-0.2, 0) is 41.5 Å². The highest BCUT2D eigenvalue weighted by molar-refractivity contribution is 7.89. The van der Waals surface area contributed by atoms with Crippen molar-refractivity contribution in [2.75, 3.05) is 46.7 Å². The number of ether oxygens (including phenoxy) is 3. The number of nitrogens with two attached hydrogens (primary N) is 1. The molecule has 2 aromatic heterocycles. The van der Waals surface area contributed by atoms with Crippen LogP contribution in [0.4, 0.5) is 5.69 Å². The van der Waals surface area contributed by atoms with Crippen molar-refractivity contribution in [3.63, 3.8) is 0 Å². The summed E-state index contributed by atoms with van der Waals surface area (Å²) in [6.07, 6.45) is 6.74. The molecule has 0 bridgehead atoms. The zero-order chi connectivity index (χ0) is 36.9. The average molecular weight is 725 g/mol. The third kappa shape index (κ3) is 8.41. The molecule has 0 spiro atoms. The summed E-state index contributed by atoms with van der Waals surface area (Å²) >= 11 is 0. The SMILES string of the molecule is COc1ccc(CN(Cc2ccc(OC)cc2)S(=O)(=O)c2ccn(C(C)(C)CN(C)CCOc3cc(-c4ccc5c(c4N)CCC5)ccn3)n2)cc1. The predicted molar refractivity (Wildman–Crippen MR) is 203 cm³/mol. The van der Waals surface area contributed by atoms with Gasteiger partial charge in [0.25, 0.3) is 10.0 Å². The summed E-state index contributed by atoms with van der Waals surface area (Å²) in [4.78, 5) is 6.56. The maximum Gasteiger partial charge on any atom is 0.262 e. The van der Waals surface area contributed by atoms with Gasteiger partial charge in [-0.05, 0) is 104 Å². The smallest absolute Gasteiger partial charge is 0.262 e. The molecule has 274 valence electrons. The number of aromatic nitrogens is 3. The predicted octanol–water partition coefficient (Wildman–Crippen LogP) is 6.17. The first-order chi connectivity index (χ1) is 25.0. The van der Waals surface area contributed by atoms with Crippen molar-refractivity contribution in [3.8, 4) is 28.5 Å². The molecular weight excluding hydrogens is 677 g/mol. The van der Waals surface area contributed by atoms with Crippen molar-refractivity contribution in [2.45, 2.75) is 56.8 Å². The third-order valence-electron chi connectivity index (χ3n) is 9.58. The van der Waals surface area contributed by atoms with E-state index in [1.807, 2.05) is 81.6 Å². The summed E-state index contributed by atoms with van der Waals surface area (Å²) in [5.74, 6) is 1.95. The summed E-state index contributed by atoms with van der Waals surface area (Å²) in [5.41, 5.74) is 13.2. The molecule has 0 atom stereocenters. The van der Waals surface area contributed by atoms with E-state index in [1.165, 1.54) is 15.4 Å². The van der Waals surface area contributed by atoms with E-state index in [1.54, 1.807) is 37.4 Å². The molecule has 52 heavy (non-hydrogen) atoms. The molecule has 0 radical (unpaired) electrons. The molecular formula is C40H48N6O5S. The molecule has 0 saturated heterocycles. The van der Waals surface area contributed by atoms with Crippen molar-refractivity contribution in [3.05, 3.63) is 114 Å². The third-order valence-corrected chi connectivity index (χ3v) is 11.3. The van der Waals surface area contributed by atoms with Crippen LogP contribution in [0.3, 0.4) is 0 Å². The number of nitrogen functional groups attached to an aromatic ring is 1. The Morgan fingerprint density at radius 1 is 0.885 bits per heavy atom. The Morgan fingerprint density at radius 3 is 2.17 bits per heavy atom. The average Bonchev–Trinajstić information content (AvgIpc) is 3.85. The topological polar surface area (TPSA) is 125 Å². The van der Waals surface area contributed by atoms with Crippen LogP contribution in [0.15, 0.2) is 96.3 Å². The lowest BCUT2D eigenvalue weighted by Gasteiger charge is -2.30. The van der Waals surface area contributed by atoms with Gasteiger partial charge in [-0.25, -0.2) is 13.4 Å². The molecule has 2 heterocycles. The van der Waals surface area contributed by atoms with Gasteiger partial charge >= 0.3 is 0 Å². The molecule has 0 saturated carbocycles.